The van der Waals surface area contributed by atoms with Gasteiger partial charge in [-0.05, 0) is 12.1 Å². The smallest absolute Gasteiger partial charge is 0.478 e. The molecule has 0 aliphatic carbocycles. The highest BCUT2D eigenvalue weighted by Crippen LogP contribution is 1.96. The maximum absolute atomic E-state index is 10.2. The van der Waals surface area contributed by atoms with Gasteiger partial charge in [0.1, 0.15) is 6.10 Å². The number of carbonyl (C=O) groups is 1. The van der Waals surface area contributed by atoms with Crippen LogP contribution in [-0.4, -0.2) is 68.1 Å². The van der Waals surface area contributed by atoms with Crippen molar-refractivity contribution in [1.82, 2.24) is 0 Å². The molecule has 0 amide bonds. The van der Waals surface area contributed by atoms with E-state index in [1.807, 2.05) is 0 Å². The quantitative estimate of drug-likeness (QED) is 0.302. The number of benzene rings is 1. The summed E-state index contributed by atoms with van der Waals surface area (Å²) in [6.07, 6.45) is -0.954. The van der Waals surface area contributed by atoms with Gasteiger partial charge in [0.05, 0.1) is 18.8 Å². The Morgan fingerprint density at radius 1 is 1.05 bits per heavy atom. The Morgan fingerprint density at radius 2 is 1.42 bits per heavy atom. The third-order valence-corrected chi connectivity index (χ3v) is 1.44. The zero-order valence-electron chi connectivity index (χ0n) is 9.99. The standard InChI is InChI=1S/C7H6O2.C3H8O3.BH3O3/c8-7(9)6-4-2-1-3-5-6;4-1-3(6)2-5;2-1(3)4/h1-5H,(H,8,9);3-6H,1-2H2;2-4H. The summed E-state index contributed by atoms with van der Waals surface area (Å²) in [6.45, 7) is -0.729. The summed E-state index contributed by atoms with van der Waals surface area (Å²) in [7, 11) is -2.17. The first-order valence-electron chi connectivity index (χ1n) is 5.07. The van der Waals surface area contributed by atoms with E-state index in [0.29, 0.717) is 5.56 Å². The molecular weight excluding hydrogens is 259 g/mol. The summed E-state index contributed by atoms with van der Waals surface area (Å²) in [4.78, 5) is 10.2. The van der Waals surface area contributed by atoms with Crippen molar-refractivity contribution in [1.29, 1.82) is 0 Å². The van der Waals surface area contributed by atoms with Crippen molar-refractivity contribution in [2.75, 3.05) is 13.2 Å². The second-order valence-electron chi connectivity index (χ2n) is 3.04. The molecule has 0 spiro atoms. The first-order chi connectivity index (χ1) is 8.84. The SMILES string of the molecule is O=C(O)c1ccccc1.OB(O)O.OCC(O)CO. The van der Waals surface area contributed by atoms with Gasteiger partial charge in [0.25, 0.3) is 0 Å². The molecule has 7 N–H and O–H groups in total. The van der Waals surface area contributed by atoms with Crippen molar-refractivity contribution >= 4 is 13.3 Å². The first-order valence-corrected chi connectivity index (χ1v) is 5.07. The average Bonchev–Trinajstić information content (AvgIpc) is 2.39. The monoisotopic (exact) mass is 276 g/mol. The topological polar surface area (TPSA) is 159 Å². The fraction of sp³-hybridized carbons (Fsp3) is 0.300. The second kappa shape index (κ2) is 13.0. The second-order valence-corrected chi connectivity index (χ2v) is 3.04. The van der Waals surface area contributed by atoms with E-state index in [2.05, 4.69) is 0 Å². The van der Waals surface area contributed by atoms with Crippen LogP contribution in [0.2, 0.25) is 0 Å². The van der Waals surface area contributed by atoms with E-state index in [4.69, 9.17) is 35.5 Å². The molecule has 19 heavy (non-hydrogen) atoms. The third kappa shape index (κ3) is 16.5. The molecule has 0 unspecified atom stereocenters. The van der Waals surface area contributed by atoms with Crippen LogP contribution >= 0.6 is 0 Å². The van der Waals surface area contributed by atoms with Crippen molar-refractivity contribution in [3.8, 4) is 0 Å². The van der Waals surface area contributed by atoms with Gasteiger partial charge in [0, 0.05) is 0 Å². The van der Waals surface area contributed by atoms with Crippen LogP contribution in [0, 0.1) is 0 Å². The molecule has 0 bridgehead atoms. The minimum Gasteiger partial charge on any atom is -0.478 e. The zero-order valence-corrected chi connectivity index (χ0v) is 9.99. The molecular formula is C10H17BO8. The highest BCUT2D eigenvalue weighted by atomic mass is 16.5. The maximum atomic E-state index is 10.2. The van der Waals surface area contributed by atoms with Crippen molar-refractivity contribution in [3.05, 3.63) is 35.9 Å². The van der Waals surface area contributed by atoms with E-state index in [-0.39, 0.29) is 13.2 Å². The van der Waals surface area contributed by atoms with E-state index in [9.17, 15) is 4.79 Å². The third-order valence-electron chi connectivity index (χ3n) is 1.44. The van der Waals surface area contributed by atoms with Gasteiger partial charge in [-0.3, -0.25) is 0 Å². The minimum absolute atomic E-state index is 0.331. The number of aliphatic hydroxyl groups excluding tert-OH is 3. The lowest BCUT2D eigenvalue weighted by atomic mass is 10.2. The Kier molecular flexibility index (Phi) is 13.5. The largest absolute Gasteiger partial charge is 0.631 e. The minimum atomic E-state index is -2.17. The Morgan fingerprint density at radius 3 is 1.58 bits per heavy atom. The predicted octanol–water partition coefficient (Wildman–Crippen LogP) is -2.34. The van der Waals surface area contributed by atoms with Crippen molar-refractivity contribution in [2.24, 2.45) is 0 Å². The Labute approximate surface area is 110 Å². The molecule has 0 atom stereocenters. The molecule has 0 aromatic heterocycles. The van der Waals surface area contributed by atoms with Crippen LogP contribution in [0.3, 0.4) is 0 Å². The van der Waals surface area contributed by atoms with Crippen LogP contribution < -0.4 is 0 Å². The van der Waals surface area contributed by atoms with Gasteiger partial charge in [0.15, 0.2) is 0 Å². The molecule has 0 radical (unpaired) electrons. The summed E-state index contributed by atoms with van der Waals surface area (Å²) >= 11 is 0. The van der Waals surface area contributed by atoms with E-state index >= 15 is 0 Å². The summed E-state index contributed by atoms with van der Waals surface area (Å²) < 4.78 is 0. The Hall–Kier alpha value is -1.49. The van der Waals surface area contributed by atoms with Gasteiger partial charge >= 0.3 is 13.3 Å². The van der Waals surface area contributed by atoms with Gasteiger partial charge in [-0.25, -0.2) is 4.79 Å². The lowest BCUT2D eigenvalue weighted by Gasteiger charge is -1.96. The van der Waals surface area contributed by atoms with Crippen molar-refractivity contribution < 1.29 is 40.3 Å². The Balaban J connectivity index is 0. The van der Waals surface area contributed by atoms with Crippen molar-refractivity contribution in [2.45, 2.75) is 6.10 Å². The van der Waals surface area contributed by atoms with Crippen LogP contribution in [-0.2, 0) is 0 Å². The van der Waals surface area contributed by atoms with Gasteiger partial charge < -0.3 is 35.5 Å². The molecule has 1 rings (SSSR count). The number of hydrogen-bond donors (Lipinski definition) is 7. The van der Waals surface area contributed by atoms with Gasteiger partial charge in [-0.2, -0.15) is 0 Å². The van der Waals surface area contributed by atoms with E-state index in [1.165, 1.54) is 0 Å². The molecule has 0 saturated carbocycles. The molecule has 0 aliphatic rings. The molecule has 0 heterocycles. The number of hydrogen-bond acceptors (Lipinski definition) is 7. The molecule has 0 fully saturated rings. The lowest BCUT2D eigenvalue weighted by Crippen LogP contribution is -2.15. The number of aliphatic hydroxyl groups is 3. The maximum Gasteiger partial charge on any atom is 0.631 e. The van der Waals surface area contributed by atoms with E-state index in [0.717, 1.165) is 0 Å². The number of aromatic carboxylic acids is 1. The molecule has 9 heteroatoms. The highest BCUT2D eigenvalue weighted by Gasteiger charge is 1.96. The van der Waals surface area contributed by atoms with Crippen LogP contribution in [0.5, 0.6) is 0 Å². The van der Waals surface area contributed by atoms with Gasteiger partial charge in [-0.1, -0.05) is 18.2 Å². The summed E-state index contributed by atoms with van der Waals surface area (Å²) in [5.41, 5.74) is 0.331. The number of carboxylic acid groups (broad SMARTS) is 1. The average molecular weight is 276 g/mol. The fourth-order valence-electron chi connectivity index (χ4n) is 0.638. The molecule has 8 nitrogen and oxygen atoms in total. The lowest BCUT2D eigenvalue weighted by molar-refractivity contribution is 0.0450. The van der Waals surface area contributed by atoms with Crippen molar-refractivity contribution in [3.63, 3.8) is 0 Å². The molecule has 1 aromatic carbocycles. The molecule has 0 saturated heterocycles. The van der Waals surface area contributed by atoms with E-state index < -0.39 is 19.4 Å². The van der Waals surface area contributed by atoms with Crippen LogP contribution in [0.4, 0.5) is 0 Å². The Bertz CT molecular complexity index is 312. The molecule has 108 valence electrons. The first kappa shape index (κ1) is 19.8. The van der Waals surface area contributed by atoms with Crippen LogP contribution in [0.25, 0.3) is 0 Å². The normalized spacial score (nSPS) is 8.79. The number of rotatable bonds is 3. The highest BCUT2D eigenvalue weighted by molar-refractivity contribution is 6.30. The predicted molar refractivity (Wildman–Crippen MR) is 66.0 cm³/mol. The van der Waals surface area contributed by atoms with Crippen LogP contribution in [0.1, 0.15) is 10.4 Å². The van der Waals surface area contributed by atoms with Crippen LogP contribution in [0.15, 0.2) is 30.3 Å². The molecule has 0 aliphatic heterocycles. The van der Waals surface area contributed by atoms with Gasteiger partial charge in [0.2, 0.25) is 0 Å². The van der Waals surface area contributed by atoms with E-state index in [1.54, 1.807) is 30.3 Å². The zero-order chi connectivity index (χ0) is 15.3. The number of carboxylic acids is 1. The fourth-order valence-corrected chi connectivity index (χ4v) is 0.638. The molecule has 1 aromatic rings. The van der Waals surface area contributed by atoms with Gasteiger partial charge in [-0.15, -0.1) is 0 Å². The summed E-state index contributed by atoms with van der Waals surface area (Å²) in [6, 6.07) is 8.30. The summed E-state index contributed by atoms with van der Waals surface area (Å²) in [5.74, 6) is -0.879. The summed E-state index contributed by atoms with van der Waals surface area (Å²) in [5, 5.41) is 53.9.